The molecule has 0 saturated heterocycles. The van der Waals surface area contributed by atoms with E-state index in [1.54, 1.807) is 13.8 Å². The van der Waals surface area contributed by atoms with Gasteiger partial charge in [0.05, 0.1) is 17.1 Å². The number of ether oxygens (including phenoxy) is 1. The van der Waals surface area contributed by atoms with Gasteiger partial charge in [-0.3, -0.25) is 0 Å². The predicted molar refractivity (Wildman–Crippen MR) is 68.6 cm³/mol. The summed E-state index contributed by atoms with van der Waals surface area (Å²) in [5, 5.41) is 8.93. The Balaban J connectivity index is 2.95. The second kappa shape index (κ2) is 5.96. The first kappa shape index (κ1) is 16.0. The lowest BCUT2D eigenvalue weighted by Gasteiger charge is -2.23. The Kier molecular flexibility index (Phi) is 5.03. The molecule has 5 nitrogen and oxygen atoms in total. The van der Waals surface area contributed by atoms with Crippen LogP contribution in [0.1, 0.15) is 19.4 Å². The van der Waals surface area contributed by atoms with Gasteiger partial charge in [-0.1, -0.05) is 0 Å². The van der Waals surface area contributed by atoms with E-state index in [0.29, 0.717) is 0 Å². The number of hydrogen-bond acceptors (Lipinski definition) is 4. The Hall–Kier alpha value is -1.02. The van der Waals surface area contributed by atoms with Crippen molar-refractivity contribution in [3.05, 3.63) is 29.6 Å². The van der Waals surface area contributed by atoms with Gasteiger partial charge in [0.15, 0.2) is 0 Å². The molecule has 2 N–H and O–H groups in total. The average molecular weight is 291 g/mol. The number of aliphatic hydroxyl groups is 1. The number of halogens is 1. The van der Waals surface area contributed by atoms with Crippen LogP contribution in [0.3, 0.4) is 0 Å². The van der Waals surface area contributed by atoms with Crippen LogP contribution < -0.4 is 4.72 Å². The van der Waals surface area contributed by atoms with Crippen LogP contribution in [0.5, 0.6) is 0 Å². The zero-order valence-corrected chi connectivity index (χ0v) is 11.9. The van der Waals surface area contributed by atoms with E-state index in [1.807, 2.05) is 0 Å². The molecule has 1 aromatic rings. The van der Waals surface area contributed by atoms with Gasteiger partial charge in [-0.15, -0.1) is 0 Å². The van der Waals surface area contributed by atoms with E-state index in [2.05, 4.69) is 4.72 Å². The first-order valence-electron chi connectivity index (χ1n) is 5.66. The molecule has 0 aliphatic heterocycles. The highest BCUT2D eigenvalue weighted by Gasteiger charge is 2.22. The van der Waals surface area contributed by atoms with Crippen molar-refractivity contribution >= 4 is 10.0 Å². The van der Waals surface area contributed by atoms with Crippen molar-refractivity contribution in [2.75, 3.05) is 13.7 Å². The molecular weight excluding hydrogens is 273 g/mol. The molecule has 0 aliphatic rings. The minimum absolute atomic E-state index is 0.0612. The van der Waals surface area contributed by atoms with Gasteiger partial charge in [0, 0.05) is 19.2 Å². The molecule has 19 heavy (non-hydrogen) atoms. The van der Waals surface area contributed by atoms with Crippen molar-refractivity contribution in [2.45, 2.75) is 31.0 Å². The fourth-order valence-corrected chi connectivity index (χ4v) is 2.51. The van der Waals surface area contributed by atoms with Crippen LogP contribution in [-0.2, 0) is 21.4 Å². The SMILES string of the molecule is COC(C)(C)CNS(=O)(=O)c1ccc(F)c(CO)c1. The summed E-state index contributed by atoms with van der Waals surface area (Å²) < 4.78 is 44.7. The Morgan fingerprint density at radius 3 is 2.58 bits per heavy atom. The van der Waals surface area contributed by atoms with E-state index >= 15 is 0 Å². The van der Waals surface area contributed by atoms with Crippen molar-refractivity contribution in [1.29, 1.82) is 0 Å². The second-order valence-corrected chi connectivity index (χ2v) is 6.47. The second-order valence-electron chi connectivity index (χ2n) is 4.70. The number of benzene rings is 1. The van der Waals surface area contributed by atoms with Gasteiger partial charge in [0.1, 0.15) is 5.82 Å². The van der Waals surface area contributed by atoms with Gasteiger partial charge in [-0.25, -0.2) is 17.5 Å². The zero-order chi connectivity index (χ0) is 14.7. The van der Waals surface area contributed by atoms with Gasteiger partial charge < -0.3 is 9.84 Å². The Bertz CT molecular complexity index is 543. The lowest BCUT2D eigenvalue weighted by atomic mass is 10.1. The third-order valence-electron chi connectivity index (χ3n) is 2.74. The quantitative estimate of drug-likeness (QED) is 0.820. The number of sulfonamides is 1. The summed E-state index contributed by atoms with van der Waals surface area (Å²) in [6.45, 7) is 3.00. The van der Waals surface area contributed by atoms with Crippen LogP contribution in [-0.4, -0.2) is 32.8 Å². The van der Waals surface area contributed by atoms with E-state index in [4.69, 9.17) is 9.84 Å². The van der Waals surface area contributed by atoms with Crippen molar-refractivity contribution < 1.29 is 22.7 Å². The third kappa shape index (κ3) is 4.24. The van der Waals surface area contributed by atoms with Crippen LogP contribution in [0, 0.1) is 5.82 Å². The maximum atomic E-state index is 13.2. The largest absolute Gasteiger partial charge is 0.392 e. The first-order valence-corrected chi connectivity index (χ1v) is 7.14. The van der Waals surface area contributed by atoms with Crippen LogP contribution in [0.4, 0.5) is 4.39 Å². The summed E-state index contributed by atoms with van der Waals surface area (Å²) >= 11 is 0. The molecule has 0 heterocycles. The number of aliphatic hydroxyl groups excluding tert-OH is 1. The monoisotopic (exact) mass is 291 g/mol. The summed E-state index contributed by atoms with van der Waals surface area (Å²) in [5.41, 5.74) is -0.707. The van der Waals surface area contributed by atoms with Crippen LogP contribution in [0.15, 0.2) is 23.1 Å². The molecule has 0 aromatic heterocycles. The molecule has 0 spiro atoms. The normalized spacial score (nSPS) is 12.7. The summed E-state index contributed by atoms with van der Waals surface area (Å²) in [6, 6.07) is 3.27. The number of methoxy groups -OCH3 is 1. The summed E-state index contributed by atoms with van der Waals surface area (Å²) in [4.78, 5) is -0.0927. The molecule has 1 rings (SSSR count). The highest BCUT2D eigenvalue weighted by atomic mass is 32.2. The van der Waals surface area contributed by atoms with E-state index in [9.17, 15) is 12.8 Å². The molecule has 1 aromatic carbocycles. The van der Waals surface area contributed by atoms with Crippen molar-refractivity contribution in [2.24, 2.45) is 0 Å². The zero-order valence-electron chi connectivity index (χ0n) is 11.1. The Labute approximate surface area is 112 Å². The fraction of sp³-hybridized carbons (Fsp3) is 0.500. The number of hydrogen-bond donors (Lipinski definition) is 2. The van der Waals surface area contributed by atoms with Gasteiger partial charge in [0.25, 0.3) is 0 Å². The highest BCUT2D eigenvalue weighted by Crippen LogP contribution is 2.16. The highest BCUT2D eigenvalue weighted by molar-refractivity contribution is 7.89. The molecular formula is C12H18FNO4S. The Morgan fingerprint density at radius 1 is 1.42 bits per heavy atom. The fourth-order valence-electron chi connectivity index (χ4n) is 1.26. The predicted octanol–water partition coefficient (Wildman–Crippen LogP) is 1.02. The molecule has 0 bridgehead atoms. The van der Waals surface area contributed by atoms with Crippen LogP contribution in [0.2, 0.25) is 0 Å². The lowest BCUT2D eigenvalue weighted by Crippen LogP contribution is -2.39. The average Bonchev–Trinajstić information content (AvgIpc) is 2.37. The van der Waals surface area contributed by atoms with E-state index in [-0.39, 0.29) is 17.0 Å². The lowest BCUT2D eigenvalue weighted by molar-refractivity contribution is 0.0276. The van der Waals surface area contributed by atoms with Gasteiger partial charge in [-0.2, -0.15) is 0 Å². The summed E-state index contributed by atoms with van der Waals surface area (Å²) in [7, 11) is -2.28. The summed E-state index contributed by atoms with van der Waals surface area (Å²) in [5.74, 6) is -0.640. The van der Waals surface area contributed by atoms with Gasteiger partial charge >= 0.3 is 0 Å². The molecule has 0 aliphatic carbocycles. The topological polar surface area (TPSA) is 75.6 Å². The minimum Gasteiger partial charge on any atom is -0.392 e. The molecule has 7 heteroatoms. The smallest absolute Gasteiger partial charge is 0.240 e. The summed E-state index contributed by atoms with van der Waals surface area (Å²) in [6.07, 6.45) is 0. The first-order chi connectivity index (χ1) is 8.72. The van der Waals surface area contributed by atoms with E-state index in [1.165, 1.54) is 7.11 Å². The van der Waals surface area contributed by atoms with Crippen molar-refractivity contribution in [1.82, 2.24) is 4.72 Å². The Morgan fingerprint density at radius 2 is 2.05 bits per heavy atom. The maximum Gasteiger partial charge on any atom is 0.240 e. The minimum atomic E-state index is -3.76. The van der Waals surface area contributed by atoms with Crippen molar-refractivity contribution in [3.8, 4) is 0 Å². The van der Waals surface area contributed by atoms with Gasteiger partial charge in [0.2, 0.25) is 10.0 Å². The van der Waals surface area contributed by atoms with Crippen LogP contribution in [0.25, 0.3) is 0 Å². The standard InChI is InChI=1S/C12H18FNO4S/c1-12(2,18-3)8-14-19(16,17)10-4-5-11(13)9(6-10)7-15/h4-6,14-15H,7-8H2,1-3H3. The van der Waals surface area contributed by atoms with Gasteiger partial charge in [-0.05, 0) is 32.0 Å². The molecule has 0 saturated carbocycles. The maximum absolute atomic E-state index is 13.2. The molecule has 0 atom stereocenters. The number of rotatable bonds is 6. The third-order valence-corrected chi connectivity index (χ3v) is 4.14. The molecule has 0 unspecified atom stereocenters. The number of nitrogens with one attached hydrogen (secondary N) is 1. The molecule has 0 amide bonds. The van der Waals surface area contributed by atoms with Crippen molar-refractivity contribution in [3.63, 3.8) is 0 Å². The van der Waals surface area contributed by atoms with E-state index < -0.39 is 28.0 Å². The molecule has 108 valence electrons. The molecule has 0 radical (unpaired) electrons. The molecule has 0 fully saturated rings. The van der Waals surface area contributed by atoms with Crippen LogP contribution >= 0.6 is 0 Å². The van der Waals surface area contributed by atoms with E-state index in [0.717, 1.165) is 18.2 Å².